The minimum Gasteiger partial charge on any atom is -0.242 e. The highest BCUT2D eigenvalue weighted by molar-refractivity contribution is 5.82. The SMILES string of the molecule is Cc1ccc([C@@H](F)CCc2ccc3ccccc3c2)cc1. The fraction of sp³-hybridized carbons (Fsp3) is 0.200. The molecule has 0 spiro atoms. The van der Waals surface area contributed by atoms with Gasteiger partial charge in [-0.05, 0) is 41.7 Å². The minimum absolute atomic E-state index is 0.529. The van der Waals surface area contributed by atoms with Gasteiger partial charge in [0.1, 0.15) is 6.17 Å². The first-order valence-corrected chi connectivity index (χ1v) is 7.41. The van der Waals surface area contributed by atoms with E-state index in [1.165, 1.54) is 21.9 Å². The molecule has 3 aromatic rings. The van der Waals surface area contributed by atoms with Crippen molar-refractivity contribution in [3.05, 3.63) is 83.4 Å². The topological polar surface area (TPSA) is 0 Å². The molecule has 21 heavy (non-hydrogen) atoms. The van der Waals surface area contributed by atoms with Crippen molar-refractivity contribution in [1.29, 1.82) is 0 Å². The molecule has 0 aliphatic heterocycles. The van der Waals surface area contributed by atoms with Crippen LogP contribution in [0.1, 0.15) is 29.3 Å². The zero-order chi connectivity index (χ0) is 14.7. The van der Waals surface area contributed by atoms with Crippen LogP contribution in [0.15, 0.2) is 66.7 Å². The van der Waals surface area contributed by atoms with E-state index >= 15 is 0 Å². The van der Waals surface area contributed by atoms with Crippen LogP contribution in [0.2, 0.25) is 0 Å². The molecule has 0 radical (unpaired) electrons. The van der Waals surface area contributed by atoms with E-state index < -0.39 is 6.17 Å². The molecule has 3 aromatic carbocycles. The zero-order valence-electron chi connectivity index (χ0n) is 12.2. The Labute approximate surface area is 125 Å². The van der Waals surface area contributed by atoms with E-state index in [9.17, 15) is 4.39 Å². The molecule has 0 nitrogen and oxygen atoms in total. The van der Waals surface area contributed by atoms with Gasteiger partial charge in [0.25, 0.3) is 0 Å². The maximum absolute atomic E-state index is 14.3. The minimum atomic E-state index is -0.892. The van der Waals surface area contributed by atoms with Gasteiger partial charge in [0.15, 0.2) is 0 Å². The van der Waals surface area contributed by atoms with E-state index in [-0.39, 0.29) is 0 Å². The summed E-state index contributed by atoms with van der Waals surface area (Å²) in [7, 11) is 0. The molecule has 0 fully saturated rings. The van der Waals surface area contributed by atoms with Crippen LogP contribution in [0.4, 0.5) is 4.39 Å². The van der Waals surface area contributed by atoms with Crippen LogP contribution in [-0.4, -0.2) is 0 Å². The summed E-state index contributed by atoms with van der Waals surface area (Å²) in [6.45, 7) is 2.02. The molecule has 0 unspecified atom stereocenters. The summed E-state index contributed by atoms with van der Waals surface area (Å²) in [4.78, 5) is 0. The summed E-state index contributed by atoms with van der Waals surface area (Å²) in [5, 5.41) is 2.46. The van der Waals surface area contributed by atoms with Crippen LogP contribution in [0.25, 0.3) is 10.8 Å². The fourth-order valence-electron chi connectivity index (χ4n) is 2.63. The van der Waals surface area contributed by atoms with Crippen molar-refractivity contribution in [2.24, 2.45) is 0 Å². The molecular weight excluding hydrogens is 259 g/mol. The van der Waals surface area contributed by atoms with Crippen molar-refractivity contribution in [2.75, 3.05) is 0 Å². The summed E-state index contributed by atoms with van der Waals surface area (Å²) in [6.07, 6.45) is 0.401. The van der Waals surface area contributed by atoms with E-state index in [4.69, 9.17) is 0 Å². The first-order valence-electron chi connectivity index (χ1n) is 7.41. The first-order chi connectivity index (χ1) is 10.2. The summed E-state index contributed by atoms with van der Waals surface area (Å²) in [6, 6.07) is 22.4. The Balaban J connectivity index is 1.69. The molecule has 0 aromatic heterocycles. The molecular formula is C20H19F. The molecule has 0 N–H and O–H groups in total. The Morgan fingerprint density at radius 3 is 2.33 bits per heavy atom. The second-order valence-corrected chi connectivity index (χ2v) is 5.60. The number of hydrogen-bond donors (Lipinski definition) is 0. The van der Waals surface area contributed by atoms with Crippen LogP contribution in [0, 0.1) is 6.92 Å². The molecule has 0 bridgehead atoms. The van der Waals surface area contributed by atoms with Gasteiger partial charge in [0.05, 0.1) is 0 Å². The van der Waals surface area contributed by atoms with Crippen LogP contribution < -0.4 is 0 Å². The van der Waals surface area contributed by atoms with Crippen molar-refractivity contribution in [3.8, 4) is 0 Å². The molecule has 1 heteroatoms. The molecule has 106 valence electrons. The monoisotopic (exact) mass is 278 g/mol. The summed E-state index contributed by atoms with van der Waals surface area (Å²) in [5.74, 6) is 0. The standard InChI is InChI=1S/C20H19F/c1-15-6-10-18(11-7-15)20(21)13-9-16-8-12-17-4-2-3-5-19(17)14-16/h2-8,10-12,14,20H,9,13H2,1H3/t20-/m0/s1. The Morgan fingerprint density at radius 1 is 0.857 bits per heavy atom. The molecule has 0 heterocycles. The molecule has 0 saturated carbocycles. The highest BCUT2D eigenvalue weighted by Crippen LogP contribution is 2.24. The van der Waals surface area contributed by atoms with Gasteiger partial charge in [0.2, 0.25) is 0 Å². The largest absolute Gasteiger partial charge is 0.242 e. The number of fused-ring (bicyclic) bond motifs is 1. The van der Waals surface area contributed by atoms with E-state index in [2.05, 4.69) is 30.3 Å². The van der Waals surface area contributed by atoms with Crippen LogP contribution in [0.5, 0.6) is 0 Å². The summed E-state index contributed by atoms with van der Waals surface area (Å²) in [5.41, 5.74) is 3.14. The number of hydrogen-bond acceptors (Lipinski definition) is 0. The normalized spacial score (nSPS) is 12.5. The third kappa shape index (κ3) is 3.30. The predicted octanol–water partition coefficient (Wildman–Crippen LogP) is 5.79. The first kappa shape index (κ1) is 13.8. The highest BCUT2D eigenvalue weighted by atomic mass is 19.1. The van der Waals surface area contributed by atoms with E-state index in [0.29, 0.717) is 6.42 Å². The van der Waals surface area contributed by atoms with E-state index in [0.717, 1.165) is 12.0 Å². The Hall–Kier alpha value is -2.15. The smallest absolute Gasteiger partial charge is 0.125 e. The van der Waals surface area contributed by atoms with Gasteiger partial charge < -0.3 is 0 Å². The Kier molecular flexibility index (Phi) is 4.01. The molecule has 0 amide bonds. The number of rotatable bonds is 4. The predicted molar refractivity (Wildman–Crippen MR) is 87.3 cm³/mol. The molecule has 1 atom stereocenters. The van der Waals surface area contributed by atoms with Gasteiger partial charge in [-0.15, -0.1) is 0 Å². The highest BCUT2D eigenvalue weighted by Gasteiger charge is 2.09. The van der Waals surface area contributed by atoms with Gasteiger partial charge in [-0.3, -0.25) is 0 Å². The third-order valence-electron chi connectivity index (χ3n) is 3.94. The van der Waals surface area contributed by atoms with Crippen LogP contribution in [-0.2, 0) is 6.42 Å². The third-order valence-corrected chi connectivity index (χ3v) is 3.94. The zero-order valence-corrected chi connectivity index (χ0v) is 12.2. The fourth-order valence-corrected chi connectivity index (χ4v) is 2.63. The Morgan fingerprint density at radius 2 is 1.57 bits per heavy atom. The van der Waals surface area contributed by atoms with Crippen molar-refractivity contribution >= 4 is 10.8 Å². The van der Waals surface area contributed by atoms with Crippen LogP contribution >= 0.6 is 0 Å². The second-order valence-electron chi connectivity index (χ2n) is 5.60. The summed E-state index contributed by atoms with van der Waals surface area (Å²) >= 11 is 0. The Bertz CT molecular complexity index is 728. The van der Waals surface area contributed by atoms with E-state index in [1.807, 2.05) is 43.3 Å². The van der Waals surface area contributed by atoms with Gasteiger partial charge in [-0.25, -0.2) is 4.39 Å². The number of alkyl halides is 1. The number of halogens is 1. The van der Waals surface area contributed by atoms with Crippen molar-refractivity contribution in [1.82, 2.24) is 0 Å². The van der Waals surface area contributed by atoms with Crippen molar-refractivity contribution in [2.45, 2.75) is 25.9 Å². The maximum atomic E-state index is 14.3. The van der Waals surface area contributed by atoms with E-state index in [1.54, 1.807) is 0 Å². The van der Waals surface area contributed by atoms with Gasteiger partial charge in [-0.2, -0.15) is 0 Å². The molecule has 3 rings (SSSR count). The molecule has 0 aliphatic rings. The van der Waals surface area contributed by atoms with Gasteiger partial charge in [-0.1, -0.05) is 72.3 Å². The quantitative estimate of drug-likeness (QED) is 0.566. The average molecular weight is 278 g/mol. The molecule has 0 aliphatic carbocycles. The summed E-state index contributed by atoms with van der Waals surface area (Å²) < 4.78 is 14.3. The van der Waals surface area contributed by atoms with Crippen LogP contribution in [0.3, 0.4) is 0 Å². The van der Waals surface area contributed by atoms with Crippen molar-refractivity contribution in [3.63, 3.8) is 0 Å². The lowest BCUT2D eigenvalue weighted by Crippen LogP contribution is -1.95. The lowest BCUT2D eigenvalue weighted by molar-refractivity contribution is 0.324. The lowest BCUT2D eigenvalue weighted by atomic mass is 9.99. The second kappa shape index (κ2) is 6.09. The van der Waals surface area contributed by atoms with Gasteiger partial charge >= 0.3 is 0 Å². The average Bonchev–Trinajstić information content (AvgIpc) is 2.53. The number of aryl methyl sites for hydroxylation is 2. The lowest BCUT2D eigenvalue weighted by Gasteiger charge is -2.09. The van der Waals surface area contributed by atoms with Crippen molar-refractivity contribution < 1.29 is 4.39 Å². The number of benzene rings is 3. The van der Waals surface area contributed by atoms with Gasteiger partial charge in [0, 0.05) is 0 Å². The molecule has 0 saturated heterocycles. The maximum Gasteiger partial charge on any atom is 0.125 e.